The molecule has 0 atom stereocenters. The zero-order valence-electron chi connectivity index (χ0n) is 9.63. The van der Waals surface area contributed by atoms with Crippen molar-refractivity contribution in [3.05, 3.63) is 61.3 Å². The summed E-state index contributed by atoms with van der Waals surface area (Å²) in [5.74, 6) is -0.296. The van der Waals surface area contributed by atoms with Crippen molar-refractivity contribution < 1.29 is 9.72 Å². The maximum atomic E-state index is 11.8. The summed E-state index contributed by atoms with van der Waals surface area (Å²) in [6.45, 7) is 0.103. The topological polar surface area (TPSA) is 72.2 Å². The molecule has 0 fully saturated rings. The summed E-state index contributed by atoms with van der Waals surface area (Å²) < 4.78 is 0.524. The molecule has 2 rings (SSSR count). The zero-order valence-corrected chi connectivity index (χ0v) is 11.2. The average molecular weight is 297 g/mol. The van der Waals surface area contributed by atoms with Crippen molar-refractivity contribution in [2.24, 2.45) is 0 Å². The van der Waals surface area contributed by atoms with Crippen molar-refractivity contribution in [1.82, 2.24) is 5.32 Å². The number of rotatable bonds is 4. The van der Waals surface area contributed by atoms with Gasteiger partial charge in [-0.1, -0.05) is 29.8 Å². The van der Waals surface area contributed by atoms with E-state index in [1.165, 1.54) is 6.07 Å². The van der Waals surface area contributed by atoms with Crippen LogP contribution < -0.4 is 5.32 Å². The number of halogens is 1. The predicted octanol–water partition coefficient (Wildman–Crippen LogP) is 3.24. The Hall–Kier alpha value is -1.92. The Kier molecular flexibility index (Phi) is 4.13. The number of thiophene rings is 1. The van der Waals surface area contributed by atoms with Gasteiger partial charge in [-0.05, 0) is 12.1 Å². The van der Waals surface area contributed by atoms with E-state index in [-0.39, 0.29) is 18.1 Å². The Bertz CT molecular complexity index is 627. The van der Waals surface area contributed by atoms with Crippen molar-refractivity contribution in [1.29, 1.82) is 0 Å². The van der Waals surface area contributed by atoms with Crippen LogP contribution in [-0.2, 0) is 6.54 Å². The van der Waals surface area contributed by atoms with Gasteiger partial charge >= 0.3 is 0 Å². The van der Waals surface area contributed by atoms with Crippen molar-refractivity contribution in [3.8, 4) is 0 Å². The number of nitrogens with zero attached hydrogens (tertiary/aromatic N) is 1. The molecule has 98 valence electrons. The molecule has 0 saturated heterocycles. The third-order valence-corrected chi connectivity index (χ3v) is 3.65. The van der Waals surface area contributed by atoms with Gasteiger partial charge in [0.2, 0.25) is 0 Å². The summed E-state index contributed by atoms with van der Waals surface area (Å²) in [6, 6.07) is 9.54. The molecule has 1 aromatic carbocycles. The first-order valence-electron chi connectivity index (χ1n) is 5.34. The fourth-order valence-electron chi connectivity index (χ4n) is 1.54. The van der Waals surface area contributed by atoms with Crippen LogP contribution in [0, 0.1) is 10.1 Å². The first-order chi connectivity index (χ1) is 9.08. The summed E-state index contributed by atoms with van der Waals surface area (Å²) >= 11 is 6.90. The number of benzene rings is 1. The molecule has 7 heteroatoms. The van der Waals surface area contributed by atoms with Crippen molar-refractivity contribution in [2.45, 2.75) is 6.54 Å². The third kappa shape index (κ3) is 3.30. The quantitative estimate of drug-likeness (QED) is 0.695. The highest BCUT2D eigenvalue weighted by Gasteiger charge is 2.14. The maximum absolute atomic E-state index is 11.8. The average Bonchev–Trinajstić information content (AvgIpc) is 2.83. The van der Waals surface area contributed by atoms with E-state index in [0.29, 0.717) is 14.8 Å². The standard InChI is InChI=1S/C12H9ClN2O3S/c13-11-6-5-10(19-11)12(16)14-7-8-3-1-2-4-9(8)15(17)18/h1-6H,7H2,(H,14,16). The maximum Gasteiger partial charge on any atom is 0.274 e. The molecule has 0 aliphatic carbocycles. The van der Waals surface area contributed by atoms with Crippen molar-refractivity contribution >= 4 is 34.5 Å². The van der Waals surface area contributed by atoms with Gasteiger partial charge in [0.15, 0.2) is 0 Å². The van der Waals surface area contributed by atoms with E-state index in [1.54, 1.807) is 30.3 Å². The number of hydrogen-bond acceptors (Lipinski definition) is 4. The number of carbonyl (C=O) groups is 1. The minimum Gasteiger partial charge on any atom is -0.347 e. The predicted molar refractivity (Wildman–Crippen MR) is 73.6 cm³/mol. The molecule has 1 amide bonds. The molecule has 0 unspecified atom stereocenters. The van der Waals surface area contributed by atoms with Gasteiger partial charge in [0, 0.05) is 18.2 Å². The Labute approximate surface area is 118 Å². The van der Waals surface area contributed by atoms with Gasteiger partial charge in [-0.2, -0.15) is 0 Å². The number of carbonyl (C=O) groups excluding carboxylic acids is 1. The number of para-hydroxylation sites is 1. The molecular formula is C12H9ClN2O3S. The minimum atomic E-state index is -0.469. The third-order valence-electron chi connectivity index (χ3n) is 2.42. The Balaban J connectivity index is 2.07. The van der Waals surface area contributed by atoms with Crippen LogP contribution in [0.3, 0.4) is 0 Å². The highest BCUT2D eigenvalue weighted by atomic mass is 35.5. The SMILES string of the molecule is O=C(NCc1ccccc1[N+](=O)[O-])c1ccc(Cl)s1. The second-order valence-corrected chi connectivity index (χ2v) is 5.39. The van der Waals surface area contributed by atoms with Crippen LogP contribution in [-0.4, -0.2) is 10.8 Å². The van der Waals surface area contributed by atoms with E-state index in [2.05, 4.69) is 5.32 Å². The Morgan fingerprint density at radius 2 is 2.05 bits per heavy atom. The van der Waals surface area contributed by atoms with Gasteiger partial charge in [0.25, 0.3) is 11.6 Å². The summed E-state index contributed by atoms with van der Waals surface area (Å²) in [4.78, 5) is 22.6. The normalized spacial score (nSPS) is 10.2. The highest BCUT2D eigenvalue weighted by Crippen LogP contribution is 2.22. The minimum absolute atomic E-state index is 0.00740. The molecule has 0 spiro atoms. The van der Waals surface area contributed by atoms with Crippen LogP contribution in [0.5, 0.6) is 0 Å². The molecule has 1 heterocycles. The first kappa shape index (κ1) is 13.5. The van der Waals surface area contributed by atoms with E-state index >= 15 is 0 Å². The summed E-state index contributed by atoms with van der Waals surface area (Å²) in [6.07, 6.45) is 0. The zero-order chi connectivity index (χ0) is 13.8. The lowest BCUT2D eigenvalue weighted by Gasteiger charge is -2.04. The van der Waals surface area contributed by atoms with E-state index in [1.807, 2.05) is 0 Å². The molecule has 19 heavy (non-hydrogen) atoms. The van der Waals surface area contributed by atoms with Crippen LogP contribution in [0.15, 0.2) is 36.4 Å². The van der Waals surface area contributed by atoms with Crippen LogP contribution in [0.25, 0.3) is 0 Å². The second kappa shape index (κ2) is 5.81. The van der Waals surface area contributed by atoms with Gasteiger partial charge < -0.3 is 5.32 Å². The van der Waals surface area contributed by atoms with Crippen molar-refractivity contribution in [3.63, 3.8) is 0 Å². The molecule has 2 aromatic rings. The number of hydrogen-bond donors (Lipinski definition) is 1. The summed E-state index contributed by atoms with van der Waals surface area (Å²) in [5.41, 5.74) is 0.454. The number of amides is 1. The number of nitro groups is 1. The fourth-order valence-corrected chi connectivity index (χ4v) is 2.50. The molecule has 1 aromatic heterocycles. The molecule has 0 saturated carbocycles. The van der Waals surface area contributed by atoms with Crippen LogP contribution in [0.1, 0.15) is 15.2 Å². The second-order valence-electron chi connectivity index (χ2n) is 3.67. The number of nitro benzene ring substituents is 1. The highest BCUT2D eigenvalue weighted by molar-refractivity contribution is 7.17. The largest absolute Gasteiger partial charge is 0.347 e. The lowest BCUT2D eigenvalue weighted by Crippen LogP contribution is -2.22. The van der Waals surface area contributed by atoms with Gasteiger partial charge in [-0.25, -0.2) is 0 Å². The molecule has 1 N–H and O–H groups in total. The first-order valence-corrected chi connectivity index (χ1v) is 6.53. The van der Waals surface area contributed by atoms with Crippen LogP contribution >= 0.6 is 22.9 Å². The van der Waals surface area contributed by atoms with Crippen LogP contribution in [0.2, 0.25) is 4.34 Å². The van der Waals surface area contributed by atoms with Gasteiger partial charge in [-0.3, -0.25) is 14.9 Å². The monoisotopic (exact) mass is 296 g/mol. The fraction of sp³-hybridized carbons (Fsp3) is 0.0833. The van der Waals surface area contributed by atoms with Crippen molar-refractivity contribution in [2.75, 3.05) is 0 Å². The lowest BCUT2D eigenvalue weighted by atomic mass is 10.2. The molecular weight excluding hydrogens is 288 g/mol. The molecule has 0 aliphatic heterocycles. The Morgan fingerprint density at radius 3 is 2.68 bits per heavy atom. The van der Waals surface area contributed by atoms with E-state index in [9.17, 15) is 14.9 Å². The van der Waals surface area contributed by atoms with Gasteiger partial charge in [0.05, 0.1) is 14.1 Å². The lowest BCUT2D eigenvalue weighted by molar-refractivity contribution is -0.385. The molecule has 0 bridgehead atoms. The molecule has 0 radical (unpaired) electrons. The summed E-state index contributed by atoms with van der Waals surface area (Å²) in [5, 5.41) is 13.4. The Morgan fingerprint density at radius 1 is 1.32 bits per heavy atom. The van der Waals surface area contributed by atoms with Gasteiger partial charge in [-0.15, -0.1) is 11.3 Å². The van der Waals surface area contributed by atoms with Gasteiger partial charge in [0.1, 0.15) is 0 Å². The summed E-state index contributed by atoms with van der Waals surface area (Å²) in [7, 11) is 0. The molecule has 0 aliphatic rings. The van der Waals surface area contributed by atoms with E-state index in [4.69, 9.17) is 11.6 Å². The molecule has 5 nitrogen and oxygen atoms in total. The van der Waals surface area contributed by atoms with E-state index < -0.39 is 4.92 Å². The smallest absolute Gasteiger partial charge is 0.274 e. The van der Waals surface area contributed by atoms with Crippen LogP contribution in [0.4, 0.5) is 5.69 Å². The number of nitrogens with one attached hydrogen (secondary N) is 1. The van der Waals surface area contributed by atoms with E-state index in [0.717, 1.165) is 11.3 Å².